The number of likely N-dealkylation sites (N-methyl/N-ethyl adjacent to an activating group) is 1. The number of ketones is 1. The van der Waals surface area contributed by atoms with Crippen molar-refractivity contribution in [1.29, 1.82) is 0 Å². The van der Waals surface area contributed by atoms with Crippen LogP contribution in [-0.2, 0) is 6.54 Å². The highest BCUT2D eigenvalue weighted by molar-refractivity contribution is 7.28. The summed E-state index contributed by atoms with van der Waals surface area (Å²) in [5.41, 5.74) is 0.479. The summed E-state index contributed by atoms with van der Waals surface area (Å²) < 4.78 is 3.97. The van der Waals surface area contributed by atoms with Crippen molar-refractivity contribution < 1.29 is 4.79 Å². The van der Waals surface area contributed by atoms with Gasteiger partial charge in [-0.15, -0.1) is 22.7 Å². The molecule has 0 fully saturated rings. The third kappa shape index (κ3) is 2.89. The summed E-state index contributed by atoms with van der Waals surface area (Å²) in [7, 11) is 3.97. The minimum Gasteiger partial charge on any atom is -0.308 e. The van der Waals surface area contributed by atoms with E-state index >= 15 is 0 Å². The van der Waals surface area contributed by atoms with Crippen molar-refractivity contribution in [3.63, 3.8) is 0 Å². The Morgan fingerprint density at radius 1 is 1.43 bits per heavy atom. The van der Waals surface area contributed by atoms with Crippen LogP contribution in [0.4, 0.5) is 0 Å². The fraction of sp³-hybridized carbons (Fsp3) is 0.286. The third-order valence-corrected chi connectivity index (χ3v) is 5.50. The van der Waals surface area contributed by atoms with E-state index in [2.05, 4.69) is 5.10 Å². The fourth-order valence-electron chi connectivity index (χ4n) is 2.05. The molecule has 0 bridgehead atoms. The van der Waals surface area contributed by atoms with Crippen LogP contribution < -0.4 is 0 Å². The summed E-state index contributed by atoms with van der Waals surface area (Å²) in [6.45, 7) is 1.44. The van der Waals surface area contributed by atoms with Gasteiger partial charge in [0, 0.05) is 15.9 Å². The van der Waals surface area contributed by atoms with Crippen molar-refractivity contribution in [2.75, 3.05) is 20.6 Å². The van der Waals surface area contributed by atoms with Gasteiger partial charge in [-0.25, -0.2) is 0 Å². The van der Waals surface area contributed by atoms with Gasteiger partial charge in [-0.05, 0) is 31.6 Å². The molecular weight excluding hydrogens is 326 g/mol. The zero-order valence-electron chi connectivity index (χ0n) is 11.7. The molecule has 0 spiro atoms. The summed E-state index contributed by atoms with van der Waals surface area (Å²) >= 11 is 9.31. The molecule has 0 aliphatic rings. The van der Waals surface area contributed by atoms with E-state index in [0.29, 0.717) is 22.1 Å². The van der Waals surface area contributed by atoms with E-state index in [9.17, 15) is 4.79 Å². The molecule has 0 atom stereocenters. The van der Waals surface area contributed by atoms with Gasteiger partial charge in [-0.1, -0.05) is 11.6 Å². The number of hydrogen-bond donors (Lipinski definition) is 0. The highest BCUT2D eigenvalue weighted by atomic mass is 35.5. The third-order valence-electron chi connectivity index (χ3n) is 3.13. The number of thiophene rings is 2. The van der Waals surface area contributed by atoms with Crippen LogP contribution in [0.2, 0.25) is 5.02 Å². The molecule has 0 unspecified atom stereocenters. The van der Waals surface area contributed by atoms with Gasteiger partial charge in [0.15, 0.2) is 0 Å². The number of fused-ring (bicyclic) bond motifs is 1. The SMILES string of the molecule is CN(C)CCn1ncc(Cl)c1C(=O)c1cc2sccc2s1. The molecule has 3 heterocycles. The lowest BCUT2D eigenvalue weighted by molar-refractivity contribution is 0.103. The van der Waals surface area contributed by atoms with Gasteiger partial charge >= 0.3 is 0 Å². The summed E-state index contributed by atoms with van der Waals surface area (Å²) in [5, 5.41) is 6.66. The minimum atomic E-state index is -0.0512. The molecule has 0 saturated heterocycles. The molecule has 3 rings (SSSR count). The van der Waals surface area contributed by atoms with Gasteiger partial charge < -0.3 is 4.90 Å². The lowest BCUT2D eigenvalue weighted by Gasteiger charge is -2.11. The van der Waals surface area contributed by atoms with Crippen LogP contribution in [0.1, 0.15) is 15.4 Å². The van der Waals surface area contributed by atoms with E-state index in [-0.39, 0.29) is 5.78 Å². The first-order chi connectivity index (χ1) is 10.1. The molecule has 0 N–H and O–H groups in total. The number of halogens is 1. The van der Waals surface area contributed by atoms with Crippen molar-refractivity contribution in [2.45, 2.75) is 6.54 Å². The number of aromatic nitrogens is 2. The van der Waals surface area contributed by atoms with E-state index < -0.39 is 0 Å². The average molecular weight is 340 g/mol. The van der Waals surface area contributed by atoms with Crippen LogP contribution in [0, 0.1) is 0 Å². The van der Waals surface area contributed by atoms with Crippen LogP contribution in [0.5, 0.6) is 0 Å². The molecule has 7 heteroatoms. The number of nitrogens with zero attached hydrogens (tertiary/aromatic N) is 3. The maximum atomic E-state index is 12.7. The Hall–Kier alpha value is -1.21. The summed E-state index contributed by atoms with van der Waals surface area (Å²) in [6, 6.07) is 3.97. The van der Waals surface area contributed by atoms with Crippen molar-refractivity contribution in [2.24, 2.45) is 0 Å². The van der Waals surface area contributed by atoms with Gasteiger partial charge in [0.1, 0.15) is 5.69 Å². The van der Waals surface area contributed by atoms with Gasteiger partial charge in [0.05, 0.1) is 22.6 Å². The Balaban J connectivity index is 1.93. The Morgan fingerprint density at radius 2 is 2.24 bits per heavy atom. The predicted molar refractivity (Wildman–Crippen MR) is 88.9 cm³/mol. The van der Waals surface area contributed by atoms with Gasteiger partial charge in [-0.3, -0.25) is 9.48 Å². The van der Waals surface area contributed by atoms with Crippen LogP contribution in [0.3, 0.4) is 0 Å². The van der Waals surface area contributed by atoms with Crippen molar-refractivity contribution in [3.8, 4) is 0 Å². The maximum absolute atomic E-state index is 12.7. The smallest absolute Gasteiger partial charge is 0.222 e. The highest BCUT2D eigenvalue weighted by Gasteiger charge is 2.21. The molecule has 3 aromatic heterocycles. The van der Waals surface area contributed by atoms with Gasteiger partial charge in [0.2, 0.25) is 5.78 Å². The van der Waals surface area contributed by atoms with E-state index in [1.165, 1.54) is 11.3 Å². The fourth-order valence-corrected chi connectivity index (χ4v) is 4.32. The Labute approximate surface area is 135 Å². The first-order valence-corrected chi connectivity index (χ1v) is 8.51. The number of carbonyl (C=O) groups excluding carboxylic acids is 1. The van der Waals surface area contributed by atoms with Crippen molar-refractivity contribution in [1.82, 2.24) is 14.7 Å². The first-order valence-electron chi connectivity index (χ1n) is 6.44. The quantitative estimate of drug-likeness (QED) is 0.666. The second kappa shape index (κ2) is 5.88. The lowest BCUT2D eigenvalue weighted by Crippen LogP contribution is -2.21. The maximum Gasteiger partial charge on any atom is 0.222 e. The molecule has 21 heavy (non-hydrogen) atoms. The molecule has 0 aromatic carbocycles. The average Bonchev–Trinajstić information content (AvgIpc) is 3.09. The van der Waals surface area contributed by atoms with Gasteiger partial charge in [-0.2, -0.15) is 5.10 Å². The Bertz CT molecular complexity index is 759. The standard InChI is InChI=1S/C14H14ClN3OS2/c1-17(2)4-5-18-13(9(15)8-16-18)14(19)12-7-11-10(21-12)3-6-20-11/h3,6-8H,4-5H2,1-2H3. The summed E-state index contributed by atoms with van der Waals surface area (Å²) in [6.07, 6.45) is 1.54. The molecule has 4 nitrogen and oxygen atoms in total. The molecule has 0 aliphatic carbocycles. The summed E-state index contributed by atoms with van der Waals surface area (Å²) in [4.78, 5) is 15.5. The topological polar surface area (TPSA) is 38.1 Å². The van der Waals surface area contributed by atoms with Crippen LogP contribution >= 0.6 is 34.3 Å². The van der Waals surface area contributed by atoms with Gasteiger partial charge in [0.25, 0.3) is 0 Å². The van der Waals surface area contributed by atoms with Crippen molar-refractivity contribution in [3.05, 3.63) is 39.3 Å². The van der Waals surface area contributed by atoms with Crippen LogP contribution in [-0.4, -0.2) is 41.1 Å². The van der Waals surface area contributed by atoms with Crippen molar-refractivity contribution >= 4 is 49.5 Å². The van der Waals surface area contributed by atoms with E-state index in [4.69, 9.17) is 11.6 Å². The first kappa shape index (κ1) is 14.7. The zero-order valence-corrected chi connectivity index (χ0v) is 14.1. The van der Waals surface area contributed by atoms with E-state index in [1.807, 2.05) is 36.5 Å². The predicted octanol–water partition coefficient (Wildman–Crippen LogP) is 3.61. The monoisotopic (exact) mass is 339 g/mol. The molecule has 0 radical (unpaired) electrons. The lowest BCUT2D eigenvalue weighted by atomic mass is 10.2. The minimum absolute atomic E-state index is 0.0512. The second-order valence-electron chi connectivity index (χ2n) is 4.96. The van der Waals surface area contributed by atoms with E-state index in [1.54, 1.807) is 22.2 Å². The number of hydrogen-bond acceptors (Lipinski definition) is 5. The number of carbonyl (C=O) groups is 1. The van der Waals surface area contributed by atoms with Crippen LogP contribution in [0.15, 0.2) is 23.7 Å². The Kier molecular flexibility index (Phi) is 4.12. The molecular formula is C14H14ClN3OS2. The molecule has 3 aromatic rings. The molecule has 110 valence electrons. The zero-order chi connectivity index (χ0) is 15.0. The molecule has 0 amide bonds. The summed E-state index contributed by atoms with van der Waals surface area (Å²) in [5.74, 6) is -0.0512. The molecule has 0 saturated carbocycles. The largest absolute Gasteiger partial charge is 0.308 e. The highest BCUT2D eigenvalue weighted by Crippen LogP contribution is 2.32. The second-order valence-corrected chi connectivity index (χ2v) is 7.40. The number of rotatable bonds is 5. The Morgan fingerprint density at radius 3 is 2.95 bits per heavy atom. The van der Waals surface area contributed by atoms with E-state index in [0.717, 1.165) is 15.9 Å². The molecule has 0 aliphatic heterocycles. The van der Waals surface area contributed by atoms with Crippen LogP contribution in [0.25, 0.3) is 9.40 Å². The normalized spacial score (nSPS) is 11.6.